The third-order valence-electron chi connectivity index (χ3n) is 5.26. The van der Waals surface area contributed by atoms with Crippen molar-refractivity contribution in [3.05, 3.63) is 45.9 Å². The predicted octanol–water partition coefficient (Wildman–Crippen LogP) is 3.91. The highest BCUT2D eigenvalue weighted by molar-refractivity contribution is 7.09. The van der Waals surface area contributed by atoms with Crippen LogP contribution in [0.5, 0.6) is 5.75 Å². The molecule has 3 rings (SSSR count). The standard InChI is InChI=1S/C22H31N3O2S/c1-18-23-20(17-28-18)16-24-12-5-13-25(15-14-24)22(26)7-4-3-6-19-8-10-21(27-2)11-9-19/h8-11,17H,3-7,12-16H2,1-2H3. The quantitative estimate of drug-likeness (QED) is 0.629. The van der Waals surface area contributed by atoms with Crippen LogP contribution in [0.2, 0.25) is 0 Å². The molecule has 1 aliphatic rings. The van der Waals surface area contributed by atoms with Crippen molar-refractivity contribution in [2.24, 2.45) is 0 Å². The van der Waals surface area contributed by atoms with Gasteiger partial charge < -0.3 is 9.64 Å². The Balaban J connectivity index is 1.36. The van der Waals surface area contributed by atoms with Crippen LogP contribution in [0.1, 0.15) is 41.9 Å². The van der Waals surface area contributed by atoms with Gasteiger partial charge in [0.2, 0.25) is 5.91 Å². The minimum Gasteiger partial charge on any atom is -0.497 e. The van der Waals surface area contributed by atoms with Crippen LogP contribution in [0.4, 0.5) is 0 Å². The Morgan fingerprint density at radius 2 is 1.96 bits per heavy atom. The lowest BCUT2D eigenvalue weighted by Crippen LogP contribution is -2.35. The molecule has 0 spiro atoms. The molecule has 2 aromatic rings. The van der Waals surface area contributed by atoms with Gasteiger partial charge in [-0.25, -0.2) is 4.98 Å². The second-order valence-electron chi connectivity index (χ2n) is 7.42. The predicted molar refractivity (Wildman–Crippen MR) is 114 cm³/mol. The first-order chi connectivity index (χ1) is 13.6. The summed E-state index contributed by atoms with van der Waals surface area (Å²) in [5.74, 6) is 1.19. The number of carbonyl (C=O) groups is 1. The van der Waals surface area contributed by atoms with Gasteiger partial charge in [0.15, 0.2) is 0 Å². The average Bonchev–Trinajstić information content (AvgIpc) is 2.97. The molecular weight excluding hydrogens is 370 g/mol. The summed E-state index contributed by atoms with van der Waals surface area (Å²) < 4.78 is 5.19. The zero-order valence-electron chi connectivity index (χ0n) is 17.0. The molecule has 1 aliphatic heterocycles. The van der Waals surface area contributed by atoms with Crippen LogP contribution in [-0.4, -0.2) is 54.0 Å². The summed E-state index contributed by atoms with van der Waals surface area (Å²) in [5.41, 5.74) is 2.46. The summed E-state index contributed by atoms with van der Waals surface area (Å²) >= 11 is 1.71. The monoisotopic (exact) mass is 401 g/mol. The van der Waals surface area contributed by atoms with Crippen molar-refractivity contribution in [2.75, 3.05) is 33.3 Å². The number of carbonyl (C=O) groups excluding carboxylic acids is 1. The smallest absolute Gasteiger partial charge is 0.222 e. The van der Waals surface area contributed by atoms with Gasteiger partial charge in [0.05, 0.1) is 17.8 Å². The van der Waals surface area contributed by atoms with E-state index >= 15 is 0 Å². The van der Waals surface area contributed by atoms with Gasteiger partial charge in [-0.15, -0.1) is 11.3 Å². The average molecular weight is 402 g/mol. The molecule has 0 bridgehead atoms. The van der Waals surface area contributed by atoms with E-state index in [9.17, 15) is 4.79 Å². The molecule has 0 saturated carbocycles. The Morgan fingerprint density at radius 1 is 1.14 bits per heavy atom. The van der Waals surface area contributed by atoms with Gasteiger partial charge in [-0.1, -0.05) is 12.1 Å². The first kappa shape index (κ1) is 20.8. The SMILES string of the molecule is COc1ccc(CCCCC(=O)N2CCCN(Cc3csc(C)n3)CC2)cc1. The maximum Gasteiger partial charge on any atom is 0.222 e. The van der Waals surface area contributed by atoms with Crippen LogP contribution in [0, 0.1) is 6.92 Å². The third-order valence-corrected chi connectivity index (χ3v) is 6.08. The topological polar surface area (TPSA) is 45.7 Å². The van der Waals surface area contributed by atoms with E-state index in [1.807, 2.05) is 19.1 Å². The van der Waals surface area contributed by atoms with E-state index in [4.69, 9.17) is 4.74 Å². The molecule has 1 aromatic heterocycles. The normalized spacial score (nSPS) is 15.4. The maximum absolute atomic E-state index is 12.6. The van der Waals surface area contributed by atoms with E-state index in [0.717, 1.165) is 74.9 Å². The summed E-state index contributed by atoms with van der Waals surface area (Å²) in [4.78, 5) is 21.6. The minimum absolute atomic E-state index is 0.307. The number of aryl methyl sites for hydroxylation is 2. The molecule has 5 nitrogen and oxygen atoms in total. The Labute approximate surface area is 172 Å². The number of amides is 1. The van der Waals surface area contributed by atoms with Gasteiger partial charge in [-0.2, -0.15) is 0 Å². The third kappa shape index (κ3) is 6.31. The van der Waals surface area contributed by atoms with Gasteiger partial charge in [-0.05, 0) is 50.3 Å². The second kappa shape index (κ2) is 10.6. The highest BCUT2D eigenvalue weighted by Crippen LogP contribution is 2.15. The molecule has 0 unspecified atom stereocenters. The van der Waals surface area contributed by atoms with E-state index in [2.05, 4.69) is 32.3 Å². The first-order valence-electron chi connectivity index (χ1n) is 10.2. The number of nitrogens with zero attached hydrogens (tertiary/aromatic N) is 3. The van der Waals surface area contributed by atoms with Crippen molar-refractivity contribution < 1.29 is 9.53 Å². The molecule has 0 atom stereocenters. The van der Waals surface area contributed by atoms with Gasteiger partial charge in [0.1, 0.15) is 5.75 Å². The van der Waals surface area contributed by atoms with Gasteiger partial charge in [0.25, 0.3) is 0 Å². The number of benzene rings is 1. The molecular formula is C22H31N3O2S. The number of aromatic nitrogens is 1. The van der Waals surface area contributed by atoms with Crippen molar-refractivity contribution in [3.63, 3.8) is 0 Å². The Morgan fingerprint density at radius 3 is 2.68 bits per heavy atom. The highest BCUT2D eigenvalue weighted by atomic mass is 32.1. The largest absolute Gasteiger partial charge is 0.497 e. The molecule has 0 radical (unpaired) electrons. The van der Waals surface area contributed by atoms with Crippen LogP contribution in [0.15, 0.2) is 29.6 Å². The molecule has 1 saturated heterocycles. The number of methoxy groups -OCH3 is 1. The molecule has 152 valence electrons. The van der Waals surface area contributed by atoms with Crippen molar-refractivity contribution in [2.45, 2.75) is 45.6 Å². The molecule has 28 heavy (non-hydrogen) atoms. The Bertz CT molecular complexity index is 744. The van der Waals surface area contributed by atoms with Crippen molar-refractivity contribution in [1.82, 2.24) is 14.8 Å². The number of thiazole rings is 1. The summed E-state index contributed by atoms with van der Waals surface area (Å²) in [7, 11) is 1.68. The summed E-state index contributed by atoms with van der Waals surface area (Å²) in [6.07, 6.45) is 4.70. The Kier molecular flexibility index (Phi) is 7.86. The van der Waals surface area contributed by atoms with E-state index in [1.54, 1.807) is 18.4 Å². The number of hydrogen-bond acceptors (Lipinski definition) is 5. The molecule has 0 aliphatic carbocycles. The van der Waals surface area contributed by atoms with Crippen molar-refractivity contribution >= 4 is 17.2 Å². The second-order valence-corrected chi connectivity index (χ2v) is 8.49. The fraction of sp³-hybridized carbons (Fsp3) is 0.545. The lowest BCUT2D eigenvalue weighted by Gasteiger charge is -2.21. The lowest BCUT2D eigenvalue weighted by atomic mass is 10.1. The summed E-state index contributed by atoms with van der Waals surface area (Å²) in [6, 6.07) is 8.20. The number of hydrogen-bond donors (Lipinski definition) is 0. The van der Waals surface area contributed by atoms with Crippen LogP contribution < -0.4 is 4.74 Å². The maximum atomic E-state index is 12.6. The van der Waals surface area contributed by atoms with Crippen LogP contribution in [0.3, 0.4) is 0 Å². The molecule has 6 heteroatoms. The van der Waals surface area contributed by atoms with Crippen LogP contribution in [-0.2, 0) is 17.8 Å². The first-order valence-corrected chi connectivity index (χ1v) is 11.1. The van der Waals surface area contributed by atoms with Crippen LogP contribution in [0.25, 0.3) is 0 Å². The highest BCUT2D eigenvalue weighted by Gasteiger charge is 2.19. The molecule has 0 N–H and O–H groups in total. The fourth-order valence-electron chi connectivity index (χ4n) is 3.64. The zero-order chi connectivity index (χ0) is 19.8. The van der Waals surface area contributed by atoms with Gasteiger partial charge >= 0.3 is 0 Å². The van der Waals surface area contributed by atoms with E-state index < -0.39 is 0 Å². The number of ether oxygens (including phenoxy) is 1. The van der Waals surface area contributed by atoms with Gasteiger partial charge in [-0.3, -0.25) is 9.69 Å². The van der Waals surface area contributed by atoms with Gasteiger partial charge in [0, 0.05) is 44.5 Å². The Hall–Kier alpha value is -1.92. The van der Waals surface area contributed by atoms with Crippen LogP contribution >= 0.6 is 11.3 Å². The molecule has 1 amide bonds. The van der Waals surface area contributed by atoms with Crippen molar-refractivity contribution in [3.8, 4) is 5.75 Å². The lowest BCUT2D eigenvalue weighted by molar-refractivity contribution is -0.131. The van der Waals surface area contributed by atoms with E-state index in [1.165, 1.54) is 5.56 Å². The van der Waals surface area contributed by atoms with E-state index in [-0.39, 0.29) is 0 Å². The molecule has 2 heterocycles. The number of rotatable bonds is 8. The number of unbranched alkanes of at least 4 members (excludes halogenated alkanes) is 1. The molecule has 1 fully saturated rings. The molecule has 1 aromatic carbocycles. The van der Waals surface area contributed by atoms with E-state index in [0.29, 0.717) is 12.3 Å². The zero-order valence-corrected chi connectivity index (χ0v) is 17.8. The summed E-state index contributed by atoms with van der Waals surface area (Å²) in [6.45, 7) is 6.64. The minimum atomic E-state index is 0.307. The van der Waals surface area contributed by atoms with Crippen molar-refractivity contribution in [1.29, 1.82) is 0 Å². The summed E-state index contributed by atoms with van der Waals surface area (Å²) in [5, 5.41) is 3.27. The fourth-order valence-corrected chi connectivity index (χ4v) is 4.25.